The van der Waals surface area contributed by atoms with Gasteiger partial charge >= 0.3 is 5.97 Å². The van der Waals surface area contributed by atoms with Gasteiger partial charge in [0.1, 0.15) is 5.01 Å². The molecule has 0 aliphatic rings. The molecule has 2 N–H and O–H groups in total. The van der Waals surface area contributed by atoms with E-state index in [9.17, 15) is 9.59 Å². The fourth-order valence-corrected chi connectivity index (χ4v) is 4.55. The number of thiazole rings is 1. The van der Waals surface area contributed by atoms with Crippen molar-refractivity contribution in [3.8, 4) is 22.1 Å². The summed E-state index contributed by atoms with van der Waals surface area (Å²) in [5.74, 6) is 0.480. The highest BCUT2D eigenvalue weighted by Gasteiger charge is 2.26. The van der Waals surface area contributed by atoms with Gasteiger partial charge in [-0.05, 0) is 37.5 Å². The number of aryl methyl sites for hydroxylation is 1. The molecule has 0 atom stereocenters. The Morgan fingerprint density at radius 1 is 1.12 bits per heavy atom. The van der Waals surface area contributed by atoms with Crippen LogP contribution in [0.25, 0.3) is 10.6 Å². The van der Waals surface area contributed by atoms with Gasteiger partial charge in [-0.15, -0.1) is 11.3 Å². The van der Waals surface area contributed by atoms with Gasteiger partial charge < -0.3 is 24.5 Å². The largest absolute Gasteiger partial charge is 0.493 e. The normalized spacial score (nSPS) is 10.8. The fraction of sp³-hybridized carbons (Fsp3) is 0.348. The molecule has 0 bridgehead atoms. The second-order valence-electron chi connectivity index (χ2n) is 7.15. The lowest BCUT2D eigenvalue weighted by Crippen LogP contribution is -2.14. The van der Waals surface area contributed by atoms with Gasteiger partial charge in [0, 0.05) is 35.1 Å². The summed E-state index contributed by atoms with van der Waals surface area (Å²) in [4.78, 5) is 28.7. The zero-order valence-electron chi connectivity index (χ0n) is 18.6. The van der Waals surface area contributed by atoms with E-state index in [2.05, 4.69) is 9.55 Å². The monoisotopic (exact) mass is 457 g/mol. The van der Waals surface area contributed by atoms with E-state index in [4.69, 9.17) is 19.9 Å². The number of primary amides is 1. The van der Waals surface area contributed by atoms with E-state index < -0.39 is 5.91 Å². The van der Waals surface area contributed by atoms with Crippen LogP contribution in [0, 0.1) is 6.92 Å². The number of rotatable bonds is 10. The lowest BCUT2D eigenvalue weighted by molar-refractivity contribution is -0.140. The van der Waals surface area contributed by atoms with E-state index >= 15 is 0 Å². The molecule has 3 aromatic rings. The summed E-state index contributed by atoms with van der Waals surface area (Å²) >= 11 is 1.43. The maximum Gasteiger partial charge on any atom is 0.305 e. The number of hydrogen-bond donors (Lipinski definition) is 1. The Bertz CT molecular complexity index is 1110. The number of benzene rings is 1. The average molecular weight is 458 g/mol. The summed E-state index contributed by atoms with van der Waals surface area (Å²) < 4.78 is 17.6. The minimum absolute atomic E-state index is 0.187. The molecule has 170 valence electrons. The molecule has 1 amide bonds. The maximum atomic E-state index is 12.4. The topological polar surface area (TPSA) is 106 Å². The number of ether oxygens (including phenoxy) is 3. The van der Waals surface area contributed by atoms with Crippen molar-refractivity contribution in [3.05, 3.63) is 52.3 Å². The molecule has 2 heterocycles. The summed E-state index contributed by atoms with van der Waals surface area (Å²) in [6.45, 7) is 2.46. The van der Waals surface area contributed by atoms with Gasteiger partial charge in [0.05, 0.1) is 33.3 Å². The van der Waals surface area contributed by atoms with E-state index in [1.54, 1.807) is 20.4 Å². The fourth-order valence-electron chi connectivity index (χ4n) is 3.84. The minimum atomic E-state index is -0.517. The molecular formula is C23H27N3O5S. The van der Waals surface area contributed by atoms with Crippen LogP contribution in [-0.2, 0) is 28.9 Å². The molecule has 0 saturated carbocycles. The number of nitrogens with zero attached hydrogens (tertiary/aromatic N) is 2. The zero-order chi connectivity index (χ0) is 23.3. The molecule has 3 rings (SSSR count). The van der Waals surface area contributed by atoms with Crippen LogP contribution in [0.4, 0.5) is 0 Å². The molecule has 0 aliphatic heterocycles. The molecule has 0 aliphatic carbocycles. The van der Waals surface area contributed by atoms with Crippen LogP contribution >= 0.6 is 11.3 Å². The predicted octanol–water partition coefficient (Wildman–Crippen LogP) is 3.38. The van der Waals surface area contributed by atoms with Crippen molar-refractivity contribution in [2.24, 2.45) is 5.73 Å². The Morgan fingerprint density at radius 3 is 2.47 bits per heavy atom. The van der Waals surface area contributed by atoms with Gasteiger partial charge in [-0.3, -0.25) is 9.59 Å². The Morgan fingerprint density at radius 2 is 1.88 bits per heavy atom. The number of nitrogens with two attached hydrogens (primary N) is 1. The molecule has 8 nitrogen and oxygen atoms in total. The molecular weight excluding hydrogens is 430 g/mol. The van der Waals surface area contributed by atoms with Gasteiger partial charge in [0.15, 0.2) is 11.5 Å². The molecule has 0 saturated heterocycles. The van der Waals surface area contributed by atoms with Crippen molar-refractivity contribution in [2.45, 2.75) is 32.7 Å². The third-order valence-electron chi connectivity index (χ3n) is 5.39. The van der Waals surface area contributed by atoms with Crippen LogP contribution in [0.1, 0.15) is 33.7 Å². The zero-order valence-corrected chi connectivity index (χ0v) is 19.5. The quantitative estimate of drug-likeness (QED) is 0.468. The first kappa shape index (κ1) is 23.3. The predicted molar refractivity (Wildman–Crippen MR) is 122 cm³/mol. The van der Waals surface area contributed by atoms with E-state index in [-0.39, 0.29) is 12.4 Å². The van der Waals surface area contributed by atoms with Gasteiger partial charge in [-0.25, -0.2) is 4.98 Å². The summed E-state index contributed by atoms with van der Waals surface area (Å²) in [5.41, 5.74) is 9.54. The SMILES string of the molecule is COC(=O)CCc1c(-c2nccs2)c(C(N)=O)c(C)n1CCc1ccc(OC)c(OC)c1. The highest BCUT2D eigenvalue weighted by Crippen LogP contribution is 2.35. The number of carbonyl (C=O) groups is 2. The van der Waals surface area contributed by atoms with Gasteiger partial charge in [-0.2, -0.15) is 0 Å². The highest BCUT2D eigenvalue weighted by atomic mass is 32.1. The third kappa shape index (κ3) is 4.77. The Kier molecular flexibility index (Phi) is 7.53. The lowest BCUT2D eigenvalue weighted by atomic mass is 10.1. The molecule has 0 radical (unpaired) electrons. The van der Waals surface area contributed by atoms with Crippen molar-refractivity contribution in [1.82, 2.24) is 9.55 Å². The van der Waals surface area contributed by atoms with E-state index in [0.717, 1.165) is 17.0 Å². The Hall–Kier alpha value is -3.33. The van der Waals surface area contributed by atoms with Crippen LogP contribution in [0.15, 0.2) is 29.8 Å². The lowest BCUT2D eigenvalue weighted by Gasteiger charge is -2.14. The number of methoxy groups -OCH3 is 3. The van der Waals surface area contributed by atoms with Crippen LogP contribution in [0.2, 0.25) is 0 Å². The molecule has 2 aromatic heterocycles. The van der Waals surface area contributed by atoms with E-state index in [1.807, 2.05) is 30.5 Å². The number of amides is 1. The van der Waals surface area contributed by atoms with Crippen molar-refractivity contribution in [3.63, 3.8) is 0 Å². The van der Waals surface area contributed by atoms with Crippen LogP contribution in [-0.4, -0.2) is 42.8 Å². The summed E-state index contributed by atoms with van der Waals surface area (Å²) in [5, 5.41) is 2.55. The summed E-state index contributed by atoms with van der Waals surface area (Å²) in [6.07, 6.45) is 2.95. The molecule has 32 heavy (non-hydrogen) atoms. The number of esters is 1. The molecule has 0 fully saturated rings. The van der Waals surface area contributed by atoms with Crippen LogP contribution in [0.3, 0.4) is 0 Å². The van der Waals surface area contributed by atoms with Crippen molar-refractivity contribution >= 4 is 23.2 Å². The van der Waals surface area contributed by atoms with Gasteiger partial charge in [0.2, 0.25) is 0 Å². The maximum absolute atomic E-state index is 12.4. The molecule has 1 aromatic carbocycles. The molecule has 0 unspecified atom stereocenters. The molecule has 0 spiro atoms. The number of hydrogen-bond acceptors (Lipinski definition) is 7. The third-order valence-corrected chi connectivity index (χ3v) is 6.18. The summed E-state index contributed by atoms with van der Waals surface area (Å²) in [7, 11) is 4.56. The summed E-state index contributed by atoms with van der Waals surface area (Å²) in [6, 6.07) is 5.78. The second kappa shape index (κ2) is 10.3. The first-order valence-corrected chi connectivity index (χ1v) is 11.0. The average Bonchev–Trinajstić information content (AvgIpc) is 3.41. The van der Waals surface area contributed by atoms with Crippen LogP contribution in [0.5, 0.6) is 11.5 Å². The standard InChI is InChI=1S/C23H27N3O5S/c1-14-20(22(24)28)21(23-25-10-12-32-23)16(6-8-19(27)31-4)26(14)11-9-15-5-7-17(29-2)18(13-15)30-3/h5,7,10,12-13H,6,8-9,11H2,1-4H3,(H2,24,28). The number of aromatic nitrogens is 2. The van der Waals surface area contributed by atoms with E-state index in [0.29, 0.717) is 47.0 Å². The van der Waals surface area contributed by atoms with Gasteiger partial charge in [-0.1, -0.05) is 6.07 Å². The highest BCUT2D eigenvalue weighted by molar-refractivity contribution is 7.13. The van der Waals surface area contributed by atoms with Crippen molar-refractivity contribution in [1.29, 1.82) is 0 Å². The second-order valence-corrected chi connectivity index (χ2v) is 8.05. The molecule has 9 heteroatoms. The van der Waals surface area contributed by atoms with E-state index in [1.165, 1.54) is 18.4 Å². The first-order valence-electron chi connectivity index (χ1n) is 10.1. The first-order chi connectivity index (χ1) is 15.4. The van der Waals surface area contributed by atoms with Crippen LogP contribution < -0.4 is 15.2 Å². The number of carbonyl (C=O) groups excluding carboxylic acids is 2. The Balaban J connectivity index is 2.03. The smallest absolute Gasteiger partial charge is 0.305 e. The van der Waals surface area contributed by atoms with Crippen molar-refractivity contribution in [2.75, 3.05) is 21.3 Å². The van der Waals surface area contributed by atoms with Gasteiger partial charge in [0.25, 0.3) is 5.91 Å². The minimum Gasteiger partial charge on any atom is -0.493 e. The Labute approximate surface area is 190 Å². The van der Waals surface area contributed by atoms with Crippen molar-refractivity contribution < 1.29 is 23.8 Å².